The fraction of sp³-hybridized carbons (Fsp3) is 0.345. The first-order valence-electron chi connectivity index (χ1n) is 12.5. The van der Waals surface area contributed by atoms with E-state index in [4.69, 9.17) is 0 Å². The second-order valence-corrected chi connectivity index (χ2v) is 9.97. The molecule has 2 atom stereocenters. The maximum atomic E-state index is 14.0. The Labute approximate surface area is 208 Å². The van der Waals surface area contributed by atoms with Gasteiger partial charge in [-0.05, 0) is 59.9 Å². The summed E-state index contributed by atoms with van der Waals surface area (Å²) in [6, 6.07) is 22.2. The smallest absolute Gasteiger partial charge is 0.368 e. The average molecular weight is 492 g/mol. The highest BCUT2D eigenvalue weighted by atomic mass is 19.4. The summed E-state index contributed by atoms with van der Waals surface area (Å²) in [6.07, 6.45) is -3.29. The third-order valence-corrected chi connectivity index (χ3v) is 7.92. The summed E-state index contributed by atoms with van der Waals surface area (Å²) in [5.74, 6) is -0.366. The van der Waals surface area contributed by atoms with Crippen LogP contribution in [0.25, 0.3) is 0 Å². The molecule has 36 heavy (non-hydrogen) atoms. The lowest BCUT2D eigenvalue weighted by Gasteiger charge is -2.50. The molecule has 0 radical (unpaired) electrons. The molecule has 4 nitrogen and oxygen atoms in total. The molecule has 0 bridgehead atoms. The van der Waals surface area contributed by atoms with Gasteiger partial charge in [0.2, 0.25) is 5.91 Å². The maximum Gasteiger partial charge on any atom is 0.416 e. The molecule has 3 aromatic rings. The zero-order chi connectivity index (χ0) is 24.9. The number of hydrogen-bond acceptors (Lipinski definition) is 3. The van der Waals surface area contributed by atoms with E-state index >= 15 is 0 Å². The lowest BCUT2D eigenvalue weighted by Crippen LogP contribution is -2.61. The lowest BCUT2D eigenvalue weighted by atomic mass is 9.82. The van der Waals surface area contributed by atoms with Crippen LogP contribution >= 0.6 is 0 Å². The van der Waals surface area contributed by atoms with E-state index in [1.807, 2.05) is 35.2 Å². The third kappa shape index (κ3) is 4.10. The van der Waals surface area contributed by atoms with Crippen molar-refractivity contribution in [3.8, 4) is 0 Å². The number of carbonyl (C=O) groups excluding carboxylic acids is 1. The van der Waals surface area contributed by atoms with Gasteiger partial charge in [-0.15, -0.1) is 0 Å². The van der Waals surface area contributed by atoms with Crippen LogP contribution in [0.3, 0.4) is 0 Å². The summed E-state index contributed by atoms with van der Waals surface area (Å²) in [6.45, 7) is 3.25. The number of benzene rings is 3. The van der Waals surface area contributed by atoms with Gasteiger partial charge in [0, 0.05) is 44.1 Å². The maximum absolute atomic E-state index is 14.0. The molecule has 0 N–H and O–H groups in total. The van der Waals surface area contributed by atoms with Crippen molar-refractivity contribution in [2.75, 3.05) is 36.0 Å². The van der Waals surface area contributed by atoms with Crippen LogP contribution in [0.4, 0.5) is 24.5 Å². The van der Waals surface area contributed by atoms with Crippen LogP contribution in [-0.4, -0.2) is 43.0 Å². The van der Waals surface area contributed by atoms with Crippen LogP contribution in [0.5, 0.6) is 0 Å². The topological polar surface area (TPSA) is 26.8 Å². The first-order valence-corrected chi connectivity index (χ1v) is 12.5. The fourth-order valence-corrected chi connectivity index (χ4v) is 6.08. The molecule has 3 aliphatic heterocycles. The number of rotatable bonds is 2. The van der Waals surface area contributed by atoms with E-state index in [0.717, 1.165) is 29.9 Å². The van der Waals surface area contributed by atoms with Crippen molar-refractivity contribution in [3.05, 3.63) is 95.1 Å². The number of hydrogen-bond donors (Lipinski definition) is 0. The Hall–Kier alpha value is -3.48. The zero-order valence-corrected chi connectivity index (χ0v) is 19.9. The van der Waals surface area contributed by atoms with Gasteiger partial charge in [0.1, 0.15) is 0 Å². The molecule has 1 amide bonds. The van der Waals surface area contributed by atoms with Crippen LogP contribution in [0.1, 0.15) is 22.3 Å². The van der Waals surface area contributed by atoms with Crippen LogP contribution in [0.2, 0.25) is 0 Å². The second-order valence-electron chi connectivity index (χ2n) is 9.97. The van der Waals surface area contributed by atoms with Gasteiger partial charge < -0.3 is 14.7 Å². The summed E-state index contributed by atoms with van der Waals surface area (Å²) < 4.78 is 40.6. The third-order valence-electron chi connectivity index (χ3n) is 7.92. The average Bonchev–Trinajstić information content (AvgIpc) is 2.91. The second kappa shape index (κ2) is 8.87. The highest BCUT2D eigenvalue weighted by molar-refractivity contribution is 5.83. The van der Waals surface area contributed by atoms with Crippen molar-refractivity contribution in [2.24, 2.45) is 5.92 Å². The minimum absolute atomic E-state index is 0.0393. The molecule has 0 spiro atoms. The number of fused-ring (bicyclic) bond motifs is 4. The Morgan fingerprint density at radius 2 is 1.58 bits per heavy atom. The molecule has 0 aromatic heterocycles. The number of para-hydroxylation sites is 1. The number of piperazine rings is 1. The SMILES string of the molecule is O=C([C@@H]1Cc2cc(C(F)(F)F)ccc2N2CCN(c3ccccc3)C[C@@H]12)N1CCc2ccccc2C1. The van der Waals surface area contributed by atoms with Gasteiger partial charge in [0.15, 0.2) is 0 Å². The van der Waals surface area contributed by atoms with Gasteiger partial charge in [-0.3, -0.25) is 4.79 Å². The molecule has 0 aliphatic carbocycles. The normalized spacial score (nSPS) is 21.5. The number of halogens is 3. The Balaban J connectivity index is 1.34. The van der Waals surface area contributed by atoms with Crippen molar-refractivity contribution in [3.63, 3.8) is 0 Å². The standard InChI is InChI=1S/C29H28F3N3O/c30-29(31,32)23-10-11-26-22(16-23)17-25(28(36)34-13-12-20-6-4-5-7-21(20)18-34)27-19-33(14-15-35(26)27)24-8-2-1-3-9-24/h1-11,16,25,27H,12-15,17-19H2/t25-,27+/m1/s1. The first-order chi connectivity index (χ1) is 17.4. The quantitative estimate of drug-likeness (QED) is 0.496. The number of alkyl halides is 3. The Bertz CT molecular complexity index is 1280. The van der Waals surface area contributed by atoms with E-state index < -0.39 is 17.7 Å². The molecule has 0 unspecified atom stereocenters. The predicted molar refractivity (Wildman–Crippen MR) is 134 cm³/mol. The van der Waals surface area contributed by atoms with Crippen molar-refractivity contribution in [2.45, 2.75) is 31.6 Å². The van der Waals surface area contributed by atoms with Crippen LogP contribution < -0.4 is 9.80 Å². The van der Waals surface area contributed by atoms with Crippen LogP contribution in [0, 0.1) is 5.92 Å². The molecule has 3 aromatic carbocycles. The lowest BCUT2D eigenvalue weighted by molar-refractivity contribution is -0.137. The summed E-state index contributed by atoms with van der Waals surface area (Å²) >= 11 is 0. The van der Waals surface area contributed by atoms with Crippen LogP contribution in [-0.2, 0) is 30.4 Å². The van der Waals surface area contributed by atoms with Crippen molar-refractivity contribution < 1.29 is 18.0 Å². The molecule has 186 valence electrons. The molecule has 0 saturated carbocycles. The van der Waals surface area contributed by atoms with E-state index in [1.165, 1.54) is 17.7 Å². The van der Waals surface area contributed by atoms with Gasteiger partial charge in [-0.1, -0.05) is 42.5 Å². The van der Waals surface area contributed by atoms with Crippen molar-refractivity contribution in [1.29, 1.82) is 0 Å². The summed E-state index contributed by atoms with van der Waals surface area (Å²) in [5.41, 5.74) is 4.31. The highest BCUT2D eigenvalue weighted by Gasteiger charge is 2.44. The monoisotopic (exact) mass is 491 g/mol. The number of carbonyl (C=O) groups is 1. The first kappa shape index (κ1) is 23.0. The minimum Gasteiger partial charge on any atom is -0.368 e. The van der Waals surface area contributed by atoms with Gasteiger partial charge in [-0.2, -0.15) is 13.2 Å². The molecule has 3 aliphatic rings. The predicted octanol–water partition coefficient (Wildman–Crippen LogP) is 5.16. The fourth-order valence-electron chi connectivity index (χ4n) is 6.08. The largest absolute Gasteiger partial charge is 0.416 e. The molecular formula is C29H28F3N3O. The van der Waals surface area contributed by atoms with Gasteiger partial charge in [0.25, 0.3) is 0 Å². The molecule has 6 rings (SSSR count). The van der Waals surface area contributed by atoms with E-state index in [9.17, 15) is 18.0 Å². The van der Waals surface area contributed by atoms with E-state index in [1.54, 1.807) is 6.07 Å². The Morgan fingerprint density at radius 3 is 2.36 bits per heavy atom. The Morgan fingerprint density at radius 1 is 0.833 bits per heavy atom. The number of nitrogens with zero attached hydrogens (tertiary/aromatic N) is 3. The zero-order valence-electron chi connectivity index (χ0n) is 19.9. The number of amides is 1. The molecular weight excluding hydrogens is 463 g/mol. The molecule has 1 fully saturated rings. The molecule has 3 heterocycles. The van der Waals surface area contributed by atoms with Gasteiger partial charge in [0.05, 0.1) is 17.5 Å². The van der Waals surface area contributed by atoms with Gasteiger partial charge in [-0.25, -0.2) is 0 Å². The minimum atomic E-state index is -4.41. The Kier molecular flexibility index (Phi) is 5.66. The molecule has 1 saturated heterocycles. The molecule has 7 heteroatoms. The summed E-state index contributed by atoms with van der Waals surface area (Å²) in [5, 5.41) is 0. The van der Waals surface area contributed by atoms with Crippen LogP contribution in [0.15, 0.2) is 72.8 Å². The summed E-state index contributed by atoms with van der Waals surface area (Å²) in [7, 11) is 0. The van der Waals surface area contributed by atoms with Gasteiger partial charge >= 0.3 is 6.18 Å². The van der Waals surface area contributed by atoms with E-state index in [0.29, 0.717) is 38.2 Å². The van der Waals surface area contributed by atoms with Crippen molar-refractivity contribution in [1.82, 2.24) is 4.90 Å². The van der Waals surface area contributed by atoms with E-state index in [2.05, 4.69) is 34.1 Å². The number of anilines is 2. The van der Waals surface area contributed by atoms with E-state index in [-0.39, 0.29) is 11.9 Å². The summed E-state index contributed by atoms with van der Waals surface area (Å²) in [4.78, 5) is 20.4. The van der Waals surface area contributed by atoms with Crippen molar-refractivity contribution >= 4 is 17.3 Å². The highest BCUT2D eigenvalue weighted by Crippen LogP contribution is 2.41.